The molecule has 1 rings (SSSR count). The number of nitriles is 1. The largest absolute Gasteiger partial charge is 0.477 e. The third-order valence-electron chi connectivity index (χ3n) is 2.99. The van der Waals surface area contributed by atoms with Crippen LogP contribution in [0.5, 0.6) is 0 Å². The highest BCUT2D eigenvalue weighted by Crippen LogP contribution is 2.29. The fraction of sp³-hybridized carbons (Fsp3) is 0.250. The molecule has 0 bridgehead atoms. The van der Waals surface area contributed by atoms with Gasteiger partial charge in [-0.05, 0) is 30.7 Å². The minimum absolute atomic E-state index is 0.117. The summed E-state index contributed by atoms with van der Waals surface area (Å²) in [5.41, 5.74) is -0.993. The number of carbonyl (C=O) groups is 1. The number of carboxylic acids is 1. The molecule has 1 aromatic carbocycles. The molecule has 0 heterocycles. The molecule has 0 saturated heterocycles. The molecule has 4 nitrogen and oxygen atoms in total. The average molecular weight is 324 g/mol. The van der Waals surface area contributed by atoms with Crippen molar-refractivity contribution in [3.8, 4) is 6.07 Å². The van der Waals surface area contributed by atoms with Crippen LogP contribution in [-0.4, -0.2) is 24.3 Å². The first-order valence-electron chi connectivity index (χ1n) is 6.67. The van der Waals surface area contributed by atoms with E-state index in [4.69, 9.17) is 5.26 Å². The summed E-state index contributed by atoms with van der Waals surface area (Å²) in [6.07, 6.45) is -3.02. The predicted octanol–water partition coefficient (Wildman–Crippen LogP) is 3.86. The third-order valence-corrected chi connectivity index (χ3v) is 2.99. The van der Waals surface area contributed by atoms with E-state index >= 15 is 0 Å². The molecule has 0 fully saturated rings. The first kappa shape index (κ1) is 18.3. The van der Waals surface area contributed by atoms with Crippen molar-refractivity contribution in [2.45, 2.75) is 19.5 Å². The molecule has 0 aliphatic carbocycles. The van der Waals surface area contributed by atoms with E-state index in [1.165, 1.54) is 38.2 Å². The second-order valence-corrected chi connectivity index (χ2v) is 4.62. The lowest BCUT2D eigenvalue weighted by Gasteiger charge is -2.21. The van der Waals surface area contributed by atoms with E-state index in [-0.39, 0.29) is 12.0 Å². The van der Waals surface area contributed by atoms with Crippen LogP contribution in [0.3, 0.4) is 0 Å². The minimum atomic E-state index is -4.65. The highest BCUT2D eigenvalue weighted by atomic mass is 19.4. The fourth-order valence-corrected chi connectivity index (χ4v) is 1.85. The number of hydrogen-bond acceptors (Lipinski definition) is 3. The zero-order valence-corrected chi connectivity index (χ0v) is 12.6. The lowest BCUT2D eigenvalue weighted by Crippen LogP contribution is -2.24. The Labute approximate surface area is 131 Å². The Kier molecular flexibility index (Phi) is 5.96. The number of alkyl halides is 3. The SMILES string of the molecule is CCC=C(C=C(C(=O)O)N(C)c1cccc(C#N)c1)C(F)(F)F. The van der Waals surface area contributed by atoms with Crippen molar-refractivity contribution < 1.29 is 23.1 Å². The molecule has 0 radical (unpaired) electrons. The number of hydrogen-bond donors (Lipinski definition) is 1. The molecule has 1 N–H and O–H groups in total. The van der Waals surface area contributed by atoms with E-state index in [2.05, 4.69) is 0 Å². The summed E-state index contributed by atoms with van der Waals surface area (Å²) in [4.78, 5) is 12.5. The second kappa shape index (κ2) is 7.49. The maximum absolute atomic E-state index is 12.9. The smallest absolute Gasteiger partial charge is 0.416 e. The Morgan fingerprint density at radius 1 is 1.43 bits per heavy atom. The van der Waals surface area contributed by atoms with Crippen molar-refractivity contribution >= 4 is 11.7 Å². The summed E-state index contributed by atoms with van der Waals surface area (Å²) in [6, 6.07) is 7.83. The van der Waals surface area contributed by atoms with Gasteiger partial charge in [0.25, 0.3) is 0 Å². The van der Waals surface area contributed by atoms with E-state index < -0.39 is 23.4 Å². The number of aliphatic carboxylic acids is 1. The number of rotatable bonds is 5. The van der Waals surface area contributed by atoms with Gasteiger partial charge in [-0.15, -0.1) is 0 Å². The van der Waals surface area contributed by atoms with Crippen molar-refractivity contribution in [2.75, 3.05) is 11.9 Å². The first-order valence-corrected chi connectivity index (χ1v) is 6.67. The predicted molar refractivity (Wildman–Crippen MR) is 79.7 cm³/mol. The lowest BCUT2D eigenvalue weighted by atomic mass is 10.1. The normalized spacial score (nSPS) is 12.7. The Morgan fingerprint density at radius 2 is 2.09 bits per heavy atom. The van der Waals surface area contributed by atoms with Gasteiger partial charge in [0.15, 0.2) is 0 Å². The van der Waals surface area contributed by atoms with Gasteiger partial charge in [-0.25, -0.2) is 4.79 Å². The number of benzene rings is 1. The van der Waals surface area contributed by atoms with Gasteiger partial charge in [0, 0.05) is 12.7 Å². The molecule has 0 spiro atoms. The highest BCUT2D eigenvalue weighted by Gasteiger charge is 2.33. The van der Waals surface area contributed by atoms with Crippen LogP contribution in [0.2, 0.25) is 0 Å². The Hall–Kier alpha value is -2.75. The maximum Gasteiger partial charge on any atom is 0.416 e. The van der Waals surface area contributed by atoms with Gasteiger partial charge in [-0.3, -0.25) is 0 Å². The molecule has 0 atom stereocenters. The highest BCUT2D eigenvalue weighted by molar-refractivity contribution is 5.91. The topological polar surface area (TPSA) is 64.3 Å². The molecule has 1 aromatic rings. The molecule has 0 saturated carbocycles. The van der Waals surface area contributed by atoms with Gasteiger partial charge >= 0.3 is 12.1 Å². The van der Waals surface area contributed by atoms with Crippen LogP contribution in [0.25, 0.3) is 0 Å². The zero-order valence-electron chi connectivity index (χ0n) is 12.6. The van der Waals surface area contributed by atoms with Gasteiger partial charge in [0.1, 0.15) is 5.70 Å². The molecule has 23 heavy (non-hydrogen) atoms. The number of allylic oxidation sites excluding steroid dienone is 3. The Balaban J connectivity index is 3.35. The summed E-state index contributed by atoms with van der Waals surface area (Å²) in [7, 11) is 1.33. The van der Waals surface area contributed by atoms with Crippen LogP contribution in [-0.2, 0) is 4.79 Å². The first-order chi connectivity index (χ1) is 10.7. The average Bonchev–Trinajstić information content (AvgIpc) is 2.49. The van der Waals surface area contributed by atoms with E-state index in [0.29, 0.717) is 11.8 Å². The quantitative estimate of drug-likeness (QED) is 0.660. The van der Waals surface area contributed by atoms with Crippen molar-refractivity contribution in [1.82, 2.24) is 0 Å². The van der Waals surface area contributed by atoms with E-state index in [1.54, 1.807) is 0 Å². The van der Waals surface area contributed by atoms with Gasteiger partial charge in [-0.2, -0.15) is 18.4 Å². The van der Waals surface area contributed by atoms with E-state index in [1.807, 2.05) is 6.07 Å². The monoisotopic (exact) mass is 324 g/mol. The van der Waals surface area contributed by atoms with Gasteiger partial charge in [0.05, 0.1) is 17.2 Å². The third kappa shape index (κ3) is 4.88. The number of likely N-dealkylation sites (N-methyl/N-ethyl adjacent to an activating group) is 1. The summed E-state index contributed by atoms with van der Waals surface area (Å²) in [5.74, 6) is -1.50. The molecule has 122 valence electrons. The Morgan fingerprint density at radius 3 is 2.57 bits per heavy atom. The summed E-state index contributed by atoms with van der Waals surface area (Å²) < 4.78 is 38.8. The van der Waals surface area contributed by atoms with Gasteiger partial charge in [0.2, 0.25) is 0 Å². The van der Waals surface area contributed by atoms with Crippen LogP contribution >= 0.6 is 0 Å². The number of nitrogens with zero attached hydrogens (tertiary/aromatic N) is 2. The van der Waals surface area contributed by atoms with Crippen molar-refractivity contribution in [2.24, 2.45) is 0 Å². The molecular weight excluding hydrogens is 309 g/mol. The van der Waals surface area contributed by atoms with Crippen LogP contribution in [0.4, 0.5) is 18.9 Å². The molecule has 0 aliphatic heterocycles. The van der Waals surface area contributed by atoms with Crippen LogP contribution in [0, 0.1) is 11.3 Å². The second-order valence-electron chi connectivity index (χ2n) is 4.62. The number of carboxylic acid groups (broad SMARTS) is 1. The van der Waals surface area contributed by atoms with Crippen LogP contribution in [0.15, 0.2) is 47.7 Å². The molecule has 0 amide bonds. The summed E-state index contributed by atoms with van der Waals surface area (Å²) in [5, 5.41) is 18.1. The number of halogens is 3. The Bertz CT molecular complexity index is 685. The van der Waals surface area contributed by atoms with Crippen LogP contribution < -0.4 is 4.90 Å². The minimum Gasteiger partial charge on any atom is -0.477 e. The van der Waals surface area contributed by atoms with E-state index in [0.717, 1.165) is 11.0 Å². The van der Waals surface area contributed by atoms with Crippen molar-refractivity contribution in [3.63, 3.8) is 0 Å². The zero-order chi connectivity index (χ0) is 17.6. The molecule has 0 aromatic heterocycles. The molecule has 0 aliphatic rings. The standard InChI is InChI=1S/C16H15F3N2O2/c1-3-5-12(16(17,18)19)9-14(15(22)23)21(2)13-7-4-6-11(8-13)10-20/h4-9H,3H2,1-2H3,(H,22,23). The summed E-state index contributed by atoms with van der Waals surface area (Å²) >= 11 is 0. The van der Waals surface area contributed by atoms with E-state index in [9.17, 15) is 23.1 Å². The van der Waals surface area contributed by atoms with Crippen molar-refractivity contribution in [1.29, 1.82) is 5.26 Å². The van der Waals surface area contributed by atoms with Gasteiger partial charge in [-0.1, -0.05) is 19.1 Å². The molecular formula is C16H15F3N2O2. The van der Waals surface area contributed by atoms with Gasteiger partial charge < -0.3 is 10.0 Å². The van der Waals surface area contributed by atoms with Crippen LogP contribution in [0.1, 0.15) is 18.9 Å². The number of anilines is 1. The molecule has 0 unspecified atom stereocenters. The lowest BCUT2D eigenvalue weighted by molar-refractivity contribution is -0.132. The maximum atomic E-state index is 12.9. The summed E-state index contributed by atoms with van der Waals surface area (Å²) in [6.45, 7) is 1.53. The van der Waals surface area contributed by atoms with Crippen molar-refractivity contribution in [3.05, 3.63) is 53.3 Å². The fourth-order valence-electron chi connectivity index (χ4n) is 1.85. The molecule has 7 heteroatoms.